The summed E-state index contributed by atoms with van der Waals surface area (Å²) in [6, 6.07) is 10.3. The fourth-order valence-electron chi connectivity index (χ4n) is 4.20. The summed E-state index contributed by atoms with van der Waals surface area (Å²) in [6.07, 6.45) is 1.16. The molecule has 1 fully saturated rings. The number of nitrogens with one attached hydrogen (secondary N) is 1. The molecule has 1 amide bonds. The third-order valence-electron chi connectivity index (χ3n) is 5.93. The van der Waals surface area contributed by atoms with Crippen molar-refractivity contribution in [3.63, 3.8) is 0 Å². The molecule has 0 bridgehead atoms. The van der Waals surface area contributed by atoms with Gasteiger partial charge in [-0.2, -0.15) is 0 Å². The molecule has 1 saturated heterocycles. The van der Waals surface area contributed by atoms with Crippen LogP contribution in [0.15, 0.2) is 41.2 Å². The largest absolute Gasteiger partial charge is 0.326 e. The van der Waals surface area contributed by atoms with E-state index in [9.17, 15) is 18.0 Å². The lowest BCUT2D eigenvalue weighted by molar-refractivity contribution is -0.120. The summed E-state index contributed by atoms with van der Waals surface area (Å²) in [5, 5.41) is 3.49. The third kappa shape index (κ3) is 5.18. The number of thiazole rings is 1. The van der Waals surface area contributed by atoms with Crippen molar-refractivity contribution in [3.8, 4) is 0 Å². The van der Waals surface area contributed by atoms with Gasteiger partial charge in [0.1, 0.15) is 0 Å². The second-order valence-electron chi connectivity index (χ2n) is 8.66. The van der Waals surface area contributed by atoms with Crippen molar-refractivity contribution in [1.82, 2.24) is 8.87 Å². The fraction of sp³-hybridized carbons (Fsp3) is 0.391. The standard InChI is InChI=1S/C23H25Cl2N3O4S2/c1-14(2)28-20-9-8-16(11-21(20)33-23(28)30)26-22(29)15-5-4-10-27(12-15)34(31,32)13-17-18(24)6-3-7-19(17)25/h3,6-9,11,14-15H,4-5,10,12-13H2,1-2H3,(H,26,29). The first-order chi connectivity index (χ1) is 16.1. The second-order valence-corrected chi connectivity index (χ2v) is 12.4. The van der Waals surface area contributed by atoms with Crippen molar-refractivity contribution in [2.24, 2.45) is 5.92 Å². The number of hydrogen-bond acceptors (Lipinski definition) is 5. The quantitative estimate of drug-likeness (QED) is 0.468. The Bertz CT molecular complexity index is 1380. The van der Waals surface area contributed by atoms with E-state index in [2.05, 4.69) is 5.32 Å². The SMILES string of the molecule is CC(C)n1c(=O)sc2cc(NC(=O)C3CCCN(S(=O)(=O)Cc4c(Cl)cccc4Cl)C3)ccc21. The van der Waals surface area contributed by atoms with Crippen molar-refractivity contribution in [2.45, 2.75) is 38.5 Å². The summed E-state index contributed by atoms with van der Waals surface area (Å²) in [6.45, 7) is 4.34. The Kier molecular flexibility index (Phi) is 7.40. The monoisotopic (exact) mass is 541 g/mol. The Hall–Kier alpha value is -1.91. The Labute approximate surface area is 212 Å². The number of piperidine rings is 1. The number of carbonyl (C=O) groups excluding carboxylic acids is 1. The number of amides is 1. The molecule has 182 valence electrons. The number of benzene rings is 2. The van der Waals surface area contributed by atoms with Crippen molar-refractivity contribution in [2.75, 3.05) is 18.4 Å². The molecule has 7 nitrogen and oxygen atoms in total. The van der Waals surface area contributed by atoms with Crippen LogP contribution >= 0.6 is 34.5 Å². The van der Waals surface area contributed by atoms with Gasteiger partial charge in [-0.05, 0) is 57.0 Å². The van der Waals surface area contributed by atoms with E-state index in [0.29, 0.717) is 40.7 Å². The van der Waals surface area contributed by atoms with E-state index in [1.54, 1.807) is 34.9 Å². The van der Waals surface area contributed by atoms with Crippen LogP contribution in [0.1, 0.15) is 38.3 Å². The van der Waals surface area contributed by atoms with Gasteiger partial charge in [-0.25, -0.2) is 12.7 Å². The van der Waals surface area contributed by atoms with E-state index in [-0.39, 0.29) is 29.1 Å². The molecular weight excluding hydrogens is 517 g/mol. The second kappa shape index (κ2) is 9.99. The van der Waals surface area contributed by atoms with E-state index in [4.69, 9.17) is 23.2 Å². The van der Waals surface area contributed by atoms with E-state index in [0.717, 1.165) is 21.6 Å². The maximum absolute atomic E-state index is 13.1. The lowest BCUT2D eigenvalue weighted by Crippen LogP contribution is -2.44. The molecule has 1 aromatic heterocycles. The zero-order valence-electron chi connectivity index (χ0n) is 18.8. The molecule has 34 heavy (non-hydrogen) atoms. The summed E-state index contributed by atoms with van der Waals surface area (Å²) >= 11 is 13.5. The predicted octanol–water partition coefficient (Wildman–Crippen LogP) is 5.13. The number of hydrogen-bond donors (Lipinski definition) is 1. The molecule has 2 aromatic carbocycles. The Morgan fingerprint density at radius 2 is 1.91 bits per heavy atom. The molecule has 0 radical (unpaired) electrons. The lowest BCUT2D eigenvalue weighted by atomic mass is 9.98. The molecule has 0 spiro atoms. The summed E-state index contributed by atoms with van der Waals surface area (Å²) in [7, 11) is -3.71. The van der Waals surface area contributed by atoms with Gasteiger partial charge in [-0.15, -0.1) is 0 Å². The highest BCUT2D eigenvalue weighted by atomic mass is 35.5. The van der Waals surface area contributed by atoms with Crippen LogP contribution in [-0.4, -0.2) is 36.3 Å². The first-order valence-electron chi connectivity index (χ1n) is 10.9. The van der Waals surface area contributed by atoms with Gasteiger partial charge >= 0.3 is 4.87 Å². The van der Waals surface area contributed by atoms with Crippen LogP contribution in [-0.2, 0) is 20.6 Å². The van der Waals surface area contributed by atoms with Crippen molar-refractivity contribution in [1.29, 1.82) is 0 Å². The Morgan fingerprint density at radius 1 is 1.21 bits per heavy atom. The van der Waals surface area contributed by atoms with Gasteiger partial charge in [0.2, 0.25) is 15.9 Å². The zero-order valence-corrected chi connectivity index (χ0v) is 21.9. The summed E-state index contributed by atoms with van der Waals surface area (Å²) < 4.78 is 30.0. The summed E-state index contributed by atoms with van der Waals surface area (Å²) in [4.78, 5) is 25.2. The molecule has 0 aliphatic carbocycles. The maximum Gasteiger partial charge on any atom is 0.308 e. The first-order valence-corrected chi connectivity index (χ1v) is 14.1. The van der Waals surface area contributed by atoms with Crippen molar-refractivity contribution < 1.29 is 13.2 Å². The van der Waals surface area contributed by atoms with Gasteiger partial charge in [0.05, 0.1) is 21.9 Å². The number of fused-ring (bicyclic) bond motifs is 1. The average Bonchev–Trinajstić information content (AvgIpc) is 3.11. The highest BCUT2D eigenvalue weighted by molar-refractivity contribution is 7.88. The number of sulfonamides is 1. The normalized spacial score (nSPS) is 17.4. The number of nitrogens with zero attached hydrogens (tertiary/aromatic N) is 2. The molecule has 1 N–H and O–H groups in total. The first kappa shape index (κ1) is 25.2. The van der Waals surface area contributed by atoms with Crippen LogP contribution in [0.2, 0.25) is 10.0 Å². The van der Waals surface area contributed by atoms with Gasteiger partial charge in [-0.1, -0.05) is 40.6 Å². The number of anilines is 1. The van der Waals surface area contributed by atoms with Crippen molar-refractivity contribution >= 4 is 66.4 Å². The number of carbonyl (C=O) groups is 1. The van der Waals surface area contributed by atoms with Crippen molar-refractivity contribution in [3.05, 3.63) is 61.7 Å². The average molecular weight is 543 g/mol. The highest BCUT2D eigenvalue weighted by Gasteiger charge is 2.33. The lowest BCUT2D eigenvalue weighted by Gasteiger charge is -2.31. The molecule has 1 aliphatic heterocycles. The number of aromatic nitrogens is 1. The van der Waals surface area contributed by atoms with E-state index in [1.165, 1.54) is 4.31 Å². The summed E-state index contributed by atoms with van der Waals surface area (Å²) in [5.41, 5.74) is 1.77. The summed E-state index contributed by atoms with van der Waals surface area (Å²) in [5.74, 6) is -1.05. The van der Waals surface area contributed by atoms with Crippen LogP contribution in [0.25, 0.3) is 10.2 Å². The maximum atomic E-state index is 13.1. The molecule has 1 aliphatic rings. The number of halogens is 2. The van der Waals surface area contributed by atoms with Crippen LogP contribution in [0.5, 0.6) is 0 Å². The fourth-order valence-corrected chi connectivity index (χ4v) is 7.62. The van der Waals surface area contributed by atoms with Crippen LogP contribution in [0, 0.1) is 5.92 Å². The van der Waals surface area contributed by atoms with Crippen LogP contribution < -0.4 is 10.2 Å². The van der Waals surface area contributed by atoms with Gasteiger partial charge < -0.3 is 5.32 Å². The van der Waals surface area contributed by atoms with Gasteiger partial charge in [-0.3, -0.25) is 14.2 Å². The molecular formula is C23H25Cl2N3O4S2. The zero-order chi connectivity index (χ0) is 24.6. The minimum Gasteiger partial charge on any atom is -0.326 e. The molecule has 1 atom stereocenters. The molecule has 11 heteroatoms. The van der Waals surface area contributed by atoms with E-state index >= 15 is 0 Å². The molecule has 3 aromatic rings. The topological polar surface area (TPSA) is 88.5 Å². The molecule has 4 rings (SSSR count). The third-order valence-corrected chi connectivity index (χ3v) is 9.33. The predicted molar refractivity (Wildman–Crippen MR) is 138 cm³/mol. The molecule has 1 unspecified atom stereocenters. The Morgan fingerprint density at radius 3 is 2.59 bits per heavy atom. The number of rotatable bonds is 6. The van der Waals surface area contributed by atoms with Gasteiger partial charge in [0, 0.05) is 40.4 Å². The van der Waals surface area contributed by atoms with E-state index < -0.39 is 15.9 Å². The molecule has 2 heterocycles. The minimum atomic E-state index is -3.71. The van der Waals surface area contributed by atoms with Crippen LogP contribution in [0.4, 0.5) is 5.69 Å². The van der Waals surface area contributed by atoms with Crippen LogP contribution in [0.3, 0.4) is 0 Å². The molecule has 0 saturated carbocycles. The highest BCUT2D eigenvalue weighted by Crippen LogP contribution is 2.30. The smallest absolute Gasteiger partial charge is 0.308 e. The van der Waals surface area contributed by atoms with Gasteiger partial charge in [0.25, 0.3) is 0 Å². The van der Waals surface area contributed by atoms with Gasteiger partial charge in [0.15, 0.2) is 0 Å². The van der Waals surface area contributed by atoms with E-state index in [1.807, 2.05) is 19.9 Å². The Balaban J connectivity index is 1.48. The minimum absolute atomic E-state index is 0.0394.